The molecule has 0 saturated heterocycles. The van der Waals surface area contributed by atoms with Gasteiger partial charge in [-0.05, 0) is 36.2 Å². The van der Waals surface area contributed by atoms with Crippen molar-refractivity contribution in [1.29, 1.82) is 0 Å². The second-order valence-corrected chi connectivity index (χ2v) is 11.0. The third-order valence-electron chi connectivity index (χ3n) is 5.68. The highest BCUT2D eigenvalue weighted by atomic mass is 32.3. The summed E-state index contributed by atoms with van der Waals surface area (Å²) < 4.78 is 42.6. The number of carboxylic acid groups (broad SMARTS) is 1. The first-order valence-electron chi connectivity index (χ1n) is 9.59. The van der Waals surface area contributed by atoms with Gasteiger partial charge in [-0.15, -0.1) is 0 Å². The van der Waals surface area contributed by atoms with Crippen molar-refractivity contribution in [3.05, 3.63) is 72.2 Å². The summed E-state index contributed by atoms with van der Waals surface area (Å²) in [5, 5.41) is 10.3. The third kappa shape index (κ3) is 3.54. The van der Waals surface area contributed by atoms with Crippen molar-refractivity contribution in [2.75, 3.05) is 0 Å². The predicted molar refractivity (Wildman–Crippen MR) is 113 cm³/mol. The van der Waals surface area contributed by atoms with Crippen LogP contribution in [-0.4, -0.2) is 39.2 Å². The Morgan fingerprint density at radius 1 is 1.19 bits per heavy atom. The number of nitrogens with one attached hydrogen (secondary N) is 1. The van der Waals surface area contributed by atoms with Gasteiger partial charge in [0, 0.05) is 17.7 Å². The van der Waals surface area contributed by atoms with Gasteiger partial charge < -0.3 is 9.67 Å². The van der Waals surface area contributed by atoms with Crippen LogP contribution in [0.2, 0.25) is 0 Å². The van der Waals surface area contributed by atoms with E-state index in [0.717, 1.165) is 22.9 Å². The Kier molecular flexibility index (Phi) is 4.68. The van der Waals surface area contributed by atoms with Gasteiger partial charge >= 0.3 is 5.97 Å². The zero-order valence-corrected chi connectivity index (χ0v) is 17.7. The van der Waals surface area contributed by atoms with Crippen LogP contribution in [0.3, 0.4) is 0 Å². The molecular weight excluding hydrogens is 441 g/mol. The Labute approximate surface area is 182 Å². The van der Waals surface area contributed by atoms with Crippen molar-refractivity contribution in [1.82, 2.24) is 14.3 Å². The first-order chi connectivity index (χ1) is 14.8. The van der Waals surface area contributed by atoms with E-state index in [9.17, 15) is 22.7 Å². The van der Waals surface area contributed by atoms with E-state index in [-0.39, 0.29) is 18.8 Å². The van der Waals surface area contributed by atoms with E-state index >= 15 is 0 Å². The molecule has 1 aliphatic carbocycles. The molecule has 3 unspecified atom stereocenters. The summed E-state index contributed by atoms with van der Waals surface area (Å²) in [6, 6.07) is 15.0. The zero-order valence-electron chi connectivity index (χ0n) is 16.1. The van der Waals surface area contributed by atoms with Crippen LogP contribution in [0.15, 0.2) is 66.0 Å². The molecule has 2 aliphatic rings. The van der Waals surface area contributed by atoms with E-state index < -0.39 is 32.0 Å². The second kappa shape index (κ2) is 7.18. The Bertz CT molecular complexity index is 1240. The summed E-state index contributed by atoms with van der Waals surface area (Å²) in [6.45, 7) is 0.148. The van der Waals surface area contributed by atoms with Gasteiger partial charge in [0.25, 0.3) is 0 Å². The highest BCUT2D eigenvalue weighted by Crippen LogP contribution is 2.52. The molecule has 1 fully saturated rings. The second-order valence-electron chi connectivity index (χ2n) is 7.71. The first kappa shape index (κ1) is 20.2. The van der Waals surface area contributed by atoms with E-state index in [4.69, 9.17) is 0 Å². The van der Waals surface area contributed by atoms with Crippen LogP contribution in [0.25, 0.3) is 11.3 Å². The Hall–Kier alpha value is -2.69. The molecule has 3 atom stereocenters. The summed E-state index contributed by atoms with van der Waals surface area (Å²) in [4.78, 5) is 16.4. The number of fused-ring (bicyclic) bond motifs is 1. The molecule has 1 saturated carbocycles. The van der Waals surface area contributed by atoms with E-state index in [1.165, 1.54) is 12.1 Å². The molecule has 10 heteroatoms. The Morgan fingerprint density at radius 2 is 1.90 bits per heavy atom. The van der Waals surface area contributed by atoms with Crippen molar-refractivity contribution in [2.45, 2.75) is 34.2 Å². The van der Waals surface area contributed by atoms with Gasteiger partial charge in [-0.25, -0.2) is 17.8 Å². The van der Waals surface area contributed by atoms with Crippen molar-refractivity contribution in [3.63, 3.8) is 0 Å². The van der Waals surface area contributed by atoms with Crippen molar-refractivity contribution in [2.24, 2.45) is 0 Å². The molecule has 1 aromatic heterocycles. The van der Waals surface area contributed by atoms with Gasteiger partial charge in [0.05, 0.1) is 12.2 Å². The lowest BCUT2D eigenvalue weighted by Gasteiger charge is -2.18. The number of aliphatic carboxylic acids is 1. The van der Waals surface area contributed by atoms with Crippen LogP contribution in [0.5, 0.6) is 0 Å². The lowest BCUT2D eigenvalue weighted by molar-refractivity contribution is -0.140. The van der Waals surface area contributed by atoms with Crippen LogP contribution < -0.4 is 4.72 Å². The van der Waals surface area contributed by atoms with E-state index in [1.807, 2.05) is 6.07 Å². The molecule has 31 heavy (non-hydrogen) atoms. The SMILES string of the molecule is O=C(O)C1(NS(=O)(=O)C2Cn3cc(-c4ccc(F)cc4)nc3S2)CC1c1ccccc1. The first-order valence-corrected chi connectivity index (χ1v) is 12.0. The average molecular weight is 460 g/mol. The maximum atomic E-state index is 13.1. The maximum absolute atomic E-state index is 13.1. The van der Waals surface area contributed by atoms with Crippen LogP contribution >= 0.6 is 11.8 Å². The summed E-state index contributed by atoms with van der Waals surface area (Å²) in [5.74, 6) is -1.93. The van der Waals surface area contributed by atoms with Crippen molar-refractivity contribution >= 4 is 27.8 Å². The number of carboxylic acids is 1. The Balaban J connectivity index is 1.33. The fourth-order valence-electron chi connectivity index (χ4n) is 3.92. The maximum Gasteiger partial charge on any atom is 0.325 e. The molecule has 0 spiro atoms. The minimum atomic E-state index is -3.94. The van der Waals surface area contributed by atoms with Gasteiger partial charge in [0.15, 0.2) is 5.16 Å². The summed E-state index contributed by atoms with van der Waals surface area (Å²) in [7, 11) is -3.94. The number of benzene rings is 2. The third-order valence-corrected chi connectivity index (χ3v) is 9.16. The largest absolute Gasteiger partial charge is 0.480 e. The smallest absolute Gasteiger partial charge is 0.325 e. The Morgan fingerprint density at radius 3 is 2.55 bits per heavy atom. The molecular formula is C21H18FN3O4S2. The number of carbonyl (C=O) groups is 1. The molecule has 0 amide bonds. The van der Waals surface area contributed by atoms with Crippen molar-refractivity contribution in [3.8, 4) is 11.3 Å². The van der Waals surface area contributed by atoms with E-state index in [1.54, 1.807) is 47.2 Å². The molecule has 2 heterocycles. The number of imidazole rings is 1. The molecule has 2 aromatic carbocycles. The minimum Gasteiger partial charge on any atom is -0.480 e. The molecule has 2 N–H and O–H groups in total. The van der Waals surface area contributed by atoms with Gasteiger partial charge in [0.2, 0.25) is 10.0 Å². The quantitative estimate of drug-likeness (QED) is 0.588. The lowest BCUT2D eigenvalue weighted by atomic mass is 10.1. The highest BCUT2D eigenvalue weighted by Gasteiger charge is 2.64. The summed E-state index contributed by atoms with van der Waals surface area (Å²) in [5.41, 5.74) is 0.628. The number of hydrogen-bond donors (Lipinski definition) is 2. The number of sulfonamides is 1. The molecule has 7 nitrogen and oxygen atoms in total. The lowest BCUT2D eigenvalue weighted by Crippen LogP contribution is -2.47. The molecule has 160 valence electrons. The van der Waals surface area contributed by atoms with E-state index in [0.29, 0.717) is 10.9 Å². The normalized spacial score (nSPS) is 24.7. The molecule has 3 aromatic rings. The number of thioether (sulfide) groups is 1. The summed E-state index contributed by atoms with van der Waals surface area (Å²) in [6.07, 6.45) is 1.93. The number of aromatic nitrogens is 2. The molecule has 5 rings (SSSR count). The van der Waals surface area contributed by atoms with Gasteiger partial charge in [-0.2, -0.15) is 4.72 Å². The molecule has 0 radical (unpaired) electrons. The van der Waals surface area contributed by atoms with Crippen LogP contribution in [0.1, 0.15) is 17.9 Å². The van der Waals surface area contributed by atoms with E-state index in [2.05, 4.69) is 9.71 Å². The zero-order chi connectivity index (χ0) is 21.8. The average Bonchev–Trinajstić information content (AvgIpc) is 3.10. The fourth-order valence-corrected chi connectivity index (χ4v) is 7.03. The van der Waals surface area contributed by atoms with Gasteiger partial charge in [-0.1, -0.05) is 42.1 Å². The standard InChI is InChI=1S/C21H18FN3O4S2/c22-15-8-6-14(7-9-15)17-11-25-12-18(30-20(25)23-17)31(28,29)24-21(19(26)27)10-16(21)13-4-2-1-3-5-13/h1-9,11,16,18,24H,10,12H2,(H,26,27). The minimum absolute atomic E-state index is 0.148. The van der Waals surface area contributed by atoms with Gasteiger partial charge in [-0.3, -0.25) is 4.79 Å². The summed E-state index contributed by atoms with van der Waals surface area (Å²) >= 11 is 1.07. The monoisotopic (exact) mass is 459 g/mol. The van der Waals surface area contributed by atoms with Crippen molar-refractivity contribution < 1.29 is 22.7 Å². The molecule has 1 aliphatic heterocycles. The highest BCUT2D eigenvalue weighted by molar-refractivity contribution is 8.12. The number of rotatable bonds is 6. The van der Waals surface area contributed by atoms with Crippen LogP contribution in [0, 0.1) is 5.82 Å². The fraction of sp³-hybridized carbons (Fsp3) is 0.238. The number of halogens is 1. The number of hydrogen-bond acceptors (Lipinski definition) is 5. The predicted octanol–water partition coefficient (Wildman–Crippen LogP) is 3.05. The van der Waals surface area contributed by atoms with Crippen LogP contribution in [-0.2, 0) is 21.4 Å². The topological polar surface area (TPSA) is 101 Å². The van der Waals surface area contributed by atoms with Crippen LogP contribution in [0.4, 0.5) is 4.39 Å². The number of nitrogens with zero attached hydrogens (tertiary/aromatic N) is 2. The molecule has 0 bridgehead atoms. The van der Waals surface area contributed by atoms with Gasteiger partial charge in [0.1, 0.15) is 15.9 Å².